The number of carbonyl (C=O) groups is 1. The summed E-state index contributed by atoms with van der Waals surface area (Å²) >= 11 is 1.25. The van der Waals surface area contributed by atoms with Crippen molar-refractivity contribution in [3.63, 3.8) is 0 Å². The van der Waals surface area contributed by atoms with E-state index in [0.29, 0.717) is 40.8 Å². The molecule has 1 saturated heterocycles. The number of aryl methyl sites for hydroxylation is 1. The van der Waals surface area contributed by atoms with E-state index in [4.69, 9.17) is 9.47 Å². The summed E-state index contributed by atoms with van der Waals surface area (Å²) in [4.78, 5) is 13.8. The first-order valence-corrected chi connectivity index (χ1v) is 11.2. The highest BCUT2D eigenvalue weighted by molar-refractivity contribution is 7.91. The molecule has 28 heavy (non-hydrogen) atoms. The monoisotopic (exact) mass is 424 g/mol. The first kappa shape index (κ1) is 20.6. The van der Waals surface area contributed by atoms with Crippen LogP contribution in [0.2, 0.25) is 0 Å². The Labute approximate surface area is 169 Å². The van der Waals surface area contributed by atoms with Gasteiger partial charge in [0.25, 0.3) is 10.0 Å². The summed E-state index contributed by atoms with van der Waals surface area (Å²) in [6.45, 7) is 2.46. The second-order valence-corrected chi connectivity index (χ2v) is 10.1. The molecule has 9 heteroatoms. The van der Waals surface area contributed by atoms with Crippen LogP contribution in [0.1, 0.15) is 17.7 Å². The average Bonchev–Trinajstić information content (AvgIpc) is 3.15. The zero-order valence-corrected chi connectivity index (χ0v) is 17.7. The Balaban J connectivity index is 1.75. The second kappa shape index (κ2) is 8.50. The molecule has 1 aliphatic rings. The molecule has 0 aliphatic carbocycles. The maximum atomic E-state index is 12.9. The quantitative estimate of drug-likeness (QED) is 0.770. The highest BCUT2D eigenvalue weighted by Crippen LogP contribution is 2.31. The molecule has 1 amide bonds. The number of thiophene rings is 1. The van der Waals surface area contributed by atoms with Gasteiger partial charge in [0.15, 0.2) is 0 Å². The molecule has 1 aromatic heterocycles. The molecule has 1 fully saturated rings. The number of piperidine rings is 1. The molecule has 3 rings (SSSR count). The lowest BCUT2D eigenvalue weighted by molar-refractivity contribution is -0.120. The molecule has 1 unspecified atom stereocenters. The summed E-state index contributed by atoms with van der Waals surface area (Å²) in [6, 6.07) is 8.56. The van der Waals surface area contributed by atoms with Crippen LogP contribution in [-0.2, 0) is 14.8 Å². The number of methoxy groups -OCH3 is 2. The van der Waals surface area contributed by atoms with Crippen molar-refractivity contribution in [2.24, 2.45) is 5.92 Å². The third kappa shape index (κ3) is 4.31. The fourth-order valence-corrected chi connectivity index (χ4v) is 6.16. The Bertz CT molecular complexity index is 955. The zero-order chi connectivity index (χ0) is 20.3. The molecule has 0 spiro atoms. The SMILES string of the molecule is COc1ccc(OC)c(NC(=O)C2CCCN(S(=O)(=O)c3ccc(C)s3)C2)c1. The Morgan fingerprint density at radius 2 is 2.00 bits per heavy atom. The van der Waals surface area contributed by atoms with E-state index in [1.54, 1.807) is 37.4 Å². The Kier molecular flexibility index (Phi) is 6.26. The molecular weight excluding hydrogens is 400 g/mol. The lowest BCUT2D eigenvalue weighted by Gasteiger charge is -2.31. The number of ether oxygens (including phenoxy) is 2. The van der Waals surface area contributed by atoms with E-state index in [1.807, 2.05) is 6.92 Å². The predicted octanol–water partition coefficient (Wildman–Crippen LogP) is 3.11. The van der Waals surface area contributed by atoms with Crippen LogP contribution in [0.3, 0.4) is 0 Å². The van der Waals surface area contributed by atoms with E-state index in [9.17, 15) is 13.2 Å². The van der Waals surface area contributed by atoms with E-state index in [0.717, 1.165) is 4.88 Å². The molecule has 1 aliphatic heterocycles. The van der Waals surface area contributed by atoms with Gasteiger partial charge in [-0.25, -0.2) is 8.42 Å². The first-order chi connectivity index (χ1) is 13.3. The minimum absolute atomic E-state index is 0.164. The van der Waals surface area contributed by atoms with Gasteiger partial charge in [-0.15, -0.1) is 11.3 Å². The second-order valence-electron chi connectivity index (χ2n) is 6.62. The molecule has 7 nitrogen and oxygen atoms in total. The van der Waals surface area contributed by atoms with Crippen molar-refractivity contribution in [2.75, 3.05) is 32.6 Å². The molecule has 2 aromatic rings. The van der Waals surface area contributed by atoms with Crippen molar-refractivity contribution in [1.82, 2.24) is 4.31 Å². The molecule has 1 N–H and O–H groups in total. The summed E-state index contributed by atoms with van der Waals surface area (Å²) in [5.74, 6) is 0.454. The first-order valence-electron chi connectivity index (χ1n) is 8.94. The Morgan fingerprint density at radius 1 is 1.21 bits per heavy atom. The maximum absolute atomic E-state index is 12.9. The number of hydrogen-bond acceptors (Lipinski definition) is 6. The number of sulfonamides is 1. The van der Waals surface area contributed by atoms with Crippen LogP contribution >= 0.6 is 11.3 Å². The van der Waals surface area contributed by atoms with Gasteiger partial charge in [0.2, 0.25) is 5.91 Å². The van der Waals surface area contributed by atoms with Crippen LogP contribution in [0.25, 0.3) is 0 Å². The van der Waals surface area contributed by atoms with Crippen molar-refractivity contribution in [3.05, 3.63) is 35.2 Å². The molecule has 2 heterocycles. The molecule has 0 saturated carbocycles. The Hall–Kier alpha value is -2.10. The standard InChI is InChI=1S/C19H24N2O5S2/c1-13-6-9-18(27-13)28(23,24)21-10-4-5-14(12-21)19(22)20-16-11-15(25-2)7-8-17(16)26-3/h6-9,11,14H,4-5,10,12H2,1-3H3,(H,20,22). The van der Waals surface area contributed by atoms with Gasteiger partial charge in [0, 0.05) is 24.0 Å². The largest absolute Gasteiger partial charge is 0.497 e. The summed E-state index contributed by atoms with van der Waals surface area (Å²) in [5, 5.41) is 2.86. The predicted molar refractivity (Wildman–Crippen MR) is 109 cm³/mol. The van der Waals surface area contributed by atoms with E-state index in [-0.39, 0.29) is 12.5 Å². The summed E-state index contributed by atoms with van der Waals surface area (Å²) in [7, 11) is -0.508. The summed E-state index contributed by atoms with van der Waals surface area (Å²) in [5.41, 5.74) is 0.501. The fraction of sp³-hybridized carbons (Fsp3) is 0.421. The minimum atomic E-state index is -3.58. The highest BCUT2D eigenvalue weighted by Gasteiger charge is 2.34. The number of carbonyl (C=O) groups excluding carboxylic acids is 1. The van der Waals surface area contributed by atoms with Crippen molar-refractivity contribution < 1.29 is 22.7 Å². The summed E-state index contributed by atoms with van der Waals surface area (Å²) in [6.07, 6.45) is 1.27. The fourth-order valence-electron chi connectivity index (χ4n) is 3.20. The van der Waals surface area contributed by atoms with Gasteiger partial charge in [0.1, 0.15) is 15.7 Å². The Morgan fingerprint density at radius 3 is 2.64 bits per heavy atom. The van der Waals surface area contributed by atoms with Gasteiger partial charge in [0.05, 0.1) is 25.8 Å². The average molecular weight is 425 g/mol. The van der Waals surface area contributed by atoms with Crippen LogP contribution in [-0.4, -0.2) is 45.9 Å². The van der Waals surface area contributed by atoms with Crippen LogP contribution < -0.4 is 14.8 Å². The smallest absolute Gasteiger partial charge is 0.252 e. The molecule has 0 radical (unpaired) electrons. The van der Waals surface area contributed by atoms with Crippen LogP contribution in [0.15, 0.2) is 34.5 Å². The van der Waals surface area contributed by atoms with Crippen LogP contribution in [0.5, 0.6) is 11.5 Å². The number of nitrogens with one attached hydrogen (secondary N) is 1. The number of nitrogens with zero attached hydrogens (tertiary/aromatic N) is 1. The lowest BCUT2D eigenvalue weighted by Crippen LogP contribution is -2.43. The number of amides is 1. The van der Waals surface area contributed by atoms with Gasteiger partial charge in [-0.3, -0.25) is 4.79 Å². The van der Waals surface area contributed by atoms with Gasteiger partial charge >= 0.3 is 0 Å². The number of anilines is 1. The van der Waals surface area contributed by atoms with Crippen molar-refractivity contribution in [3.8, 4) is 11.5 Å². The molecule has 0 bridgehead atoms. The lowest BCUT2D eigenvalue weighted by atomic mass is 9.98. The van der Waals surface area contributed by atoms with Gasteiger partial charge in [-0.2, -0.15) is 4.31 Å². The normalized spacial score (nSPS) is 17.9. The van der Waals surface area contributed by atoms with Gasteiger partial charge in [-0.05, 0) is 44.0 Å². The zero-order valence-electron chi connectivity index (χ0n) is 16.1. The maximum Gasteiger partial charge on any atom is 0.252 e. The van der Waals surface area contributed by atoms with Crippen molar-refractivity contribution >= 4 is 33.0 Å². The van der Waals surface area contributed by atoms with E-state index in [1.165, 1.54) is 22.8 Å². The minimum Gasteiger partial charge on any atom is -0.497 e. The van der Waals surface area contributed by atoms with Crippen molar-refractivity contribution in [2.45, 2.75) is 24.0 Å². The van der Waals surface area contributed by atoms with Crippen molar-refractivity contribution in [1.29, 1.82) is 0 Å². The third-order valence-electron chi connectivity index (χ3n) is 4.73. The molecular formula is C19H24N2O5S2. The number of rotatable bonds is 6. The molecule has 152 valence electrons. The van der Waals surface area contributed by atoms with E-state index < -0.39 is 15.9 Å². The van der Waals surface area contributed by atoms with E-state index in [2.05, 4.69) is 5.32 Å². The van der Waals surface area contributed by atoms with Gasteiger partial charge in [-0.1, -0.05) is 0 Å². The number of hydrogen-bond donors (Lipinski definition) is 1. The molecule has 1 aromatic carbocycles. The van der Waals surface area contributed by atoms with Gasteiger partial charge < -0.3 is 14.8 Å². The number of benzene rings is 1. The third-order valence-corrected chi connectivity index (χ3v) is 8.06. The topological polar surface area (TPSA) is 84.9 Å². The van der Waals surface area contributed by atoms with Crippen LogP contribution in [0, 0.1) is 12.8 Å². The van der Waals surface area contributed by atoms with E-state index >= 15 is 0 Å². The molecule has 1 atom stereocenters. The highest BCUT2D eigenvalue weighted by atomic mass is 32.2. The van der Waals surface area contributed by atoms with Crippen LogP contribution in [0.4, 0.5) is 5.69 Å². The summed E-state index contributed by atoms with van der Waals surface area (Å²) < 4.78 is 38.0.